The molecule has 0 aromatic carbocycles. The number of hydrogen-bond acceptors (Lipinski definition) is 5. The van der Waals surface area contributed by atoms with Crippen LogP contribution in [0.25, 0.3) is 0 Å². The minimum Gasteiger partial charge on any atom is -0.394 e. The molecule has 5 atom stereocenters. The third-order valence-corrected chi connectivity index (χ3v) is 1.83. The third kappa shape index (κ3) is 1.57. The van der Waals surface area contributed by atoms with Gasteiger partial charge >= 0.3 is 0 Å². The molecule has 0 spiro atoms. The van der Waals surface area contributed by atoms with E-state index in [2.05, 4.69) is 4.74 Å². The minimum absolute atomic E-state index is 0.606. The Balaban J connectivity index is 2.63. The molecule has 1 heterocycles. The monoisotopic (exact) mass is 181 g/mol. The van der Waals surface area contributed by atoms with Crippen LogP contribution in [0.5, 0.6) is 0 Å². The van der Waals surface area contributed by atoms with Crippen LogP contribution in [0.4, 0.5) is 4.39 Å². The highest BCUT2D eigenvalue weighted by Gasteiger charge is 2.43. The predicted octanol–water partition coefficient (Wildman–Crippen LogP) is -2.24. The summed E-state index contributed by atoms with van der Waals surface area (Å²) in [5, 5.41) is 35.4. The van der Waals surface area contributed by atoms with Gasteiger partial charge in [-0.25, -0.2) is 4.39 Å². The third-order valence-electron chi connectivity index (χ3n) is 1.83. The van der Waals surface area contributed by atoms with Crippen molar-refractivity contribution in [1.82, 2.24) is 0 Å². The van der Waals surface area contributed by atoms with Crippen LogP contribution in [-0.2, 0) is 4.74 Å². The molecule has 1 saturated heterocycles. The van der Waals surface area contributed by atoms with E-state index >= 15 is 0 Å². The van der Waals surface area contributed by atoms with Gasteiger partial charge in [0.05, 0.1) is 6.61 Å². The second-order valence-corrected chi connectivity index (χ2v) is 2.68. The molecule has 1 unspecified atom stereocenters. The molecule has 5 nitrogen and oxygen atoms in total. The molecular weight excluding hydrogens is 170 g/mol. The Kier molecular flexibility index (Phi) is 2.97. The summed E-state index contributed by atoms with van der Waals surface area (Å²) in [6.45, 7) is -0.606. The van der Waals surface area contributed by atoms with Crippen molar-refractivity contribution in [2.75, 3.05) is 6.61 Å². The molecule has 1 fully saturated rings. The molecule has 1 rings (SSSR count). The fourth-order valence-corrected chi connectivity index (χ4v) is 1.06. The van der Waals surface area contributed by atoms with E-state index in [1.807, 2.05) is 0 Å². The molecule has 0 bridgehead atoms. The Morgan fingerprint density at radius 1 is 1.08 bits per heavy atom. The lowest BCUT2D eigenvalue weighted by atomic mass is 10.00. The van der Waals surface area contributed by atoms with Crippen molar-refractivity contribution in [1.29, 1.82) is 0 Å². The Morgan fingerprint density at radius 2 is 1.67 bits per heavy atom. The van der Waals surface area contributed by atoms with Crippen LogP contribution in [0.3, 0.4) is 0 Å². The first kappa shape index (κ1) is 9.82. The molecule has 1 aliphatic heterocycles. The lowest BCUT2D eigenvalue weighted by Gasteiger charge is -2.36. The Labute approximate surface area is 68.0 Å². The Morgan fingerprint density at radius 3 is 2.17 bits per heavy atom. The summed E-state index contributed by atoms with van der Waals surface area (Å²) < 4.78 is 16.9. The molecule has 12 heavy (non-hydrogen) atoms. The van der Waals surface area contributed by atoms with Gasteiger partial charge < -0.3 is 25.2 Å². The van der Waals surface area contributed by atoms with E-state index in [1.54, 1.807) is 0 Å². The number of alkyl halides is 1. The van der Waals surface area contributed by atoms with Crippen molar-refractivity contribution in [2.24, 2.45) is 0 Å². The molecule has 72 valence electrons. The SMILES string of the molecule is OC[C@H]1OC([18F])[C@H](O)[C@@H](O)[C@H]1O. The van der Waals surface area contributed by atoms with Crippen LogP contribution >= 0.6 is 0 Å². The smallest absolute Gasteiger partial charge is 0.228 e. The molecule has 6 heteroatoms. The second kappa shape index (κ2) is 3.63. The first-order valence-corrected chi connectivity index (χ1v) is 3.52. The first-order valence-electron chi connectivity index (χ1n) is 3.52. The van der Waals surface area contributed by atoms with Gasteiger partial charge in [-0.3, -0.25) is 0 Å². The predicted molar refractivity (Wildman–Crippen MR) is 34.9 cm³/mol. The quantitative estimate of drug-likeness (QED) is 0.367. The van der Waals surface area contributed by atoms with Gasteiger partial charge in [0.25, 0.3) is 0 Å². The molecular formula is C6H11FO5. The molecule has 0 saturated carbocycles. The number of ether oxygens (including phenoxy) is 1. The molecule has 0 aromatic heterocycles. The van der Waals surface area contributed by atoms with Crippen LogP contribution < -0.4 is 0 Å². The maximum atomic E-state index is 12.6. The van der Waals surface area contributed by atoms with Crippen molar-refractivity contribution < 1.29 is 29.6 Å². The van der Waals surface area contributed by atoms with Crippen LogP contribution in [0.2, 0.25) is 0 Å². The highest BCUT2D eigenvalue weighted by atomic mass is 18.2. The fourth-order valence-electron chi connectivity index (χ4n) is 1.06. The van der Waals surface area contributed by atoms with Gasteiger partial charge in [0, 0.05) is 0 Å². The summed E-state index contributed by atoms with van der Waals surface area (Å²) in [7, 11) is 0. The number of aliphatic hydroxyl groups excluding tert-OH is 4. The van der Waals surface area contributed by atoms with E-state index in [0.717, 1.165) is 0 Å². The van der Waals surface area contributed by atoms with Gasteiger partial charge in [-0.15, -0.1) is 0 Å². The Hall–Kier alpha value is -0.270. The largest absolute Gasteiger partial charge is 0.394 e. The van der Waals surface area contributed by atoms with Gasteiger partial charge in [0.2, 0.25) is 6.36 Å². The van der Waals surface area contributed by atoms with E-state index in [9.17, 15) is 4.39 Å². The van der Waals surface area contributed by atoms with Gasteiger partial charge in [0.1, 0.15) is 24.4 Å². The van der Waals surface area contributed by atoms with Crippen LogP contribution in [0, 0.1) is 0 Å². The normalized spacial score (nSPS) is 49.2. The minimum atomic E-state index is -2.07. The Bertz CT molecular complexity index is 150. The summed E-state index contributed by atoms with van der Waals surface area (Å²) in [5.74, 6) is 0. The number of rotatable bonds is 1. The number of halogens is 1. The lowest BCUT2D eigenvalue weighted by molar-refractivity contribution is -0.262. The summed E-state index contributed by atoms with van der Waals surface area (Å²) in [5.41, 5.74) is 0. The van der Waals surface area contributed by atoms with Crippen molar-refractivity contribution in [3.8, 4) is 0 Å². The van der Waals surface area contributed by atoms with E-state index < -0.39 is 37.4 Å². The highest BCUT2D eigenvalue weighted by molar-refractivity contribution is 4.88. The topological polar surface area (TPSA) is 90.2 Å². The molecule has 0 aromatic rings. The molecule has 1 aliphatic rings. The highest BCUT2D eigenvalue weighted by Crippen LogP contribution is 2.21. The van der Waals surface area contributed by atoms with Crippen molar-refractivity contribution in [3.05, 3.63) is 0 Å². The maximum Gasteiger partial charge on any atom is 0.228 e. The van der Waals surface area contributed by atoms with E-state index in [0.29, 0.717) is 0 Å². The van der Waals surface area contributed by atoms with Crippen LogP contribution in [0.15, 0.2) is 0 Å². The summed E-state index contributed by atoms with van der Waals surface area (Å²) in [6, 6.07) is 0. The van der Waals surface area contributed by atoms with E-state index in [-0.39, 0.29) is 0 Å². The number of hydrogen-bond donors (Lipinski definition) is 4. The summed E-state index contributed by atoms with van der Waals surface area (Å²) in [6.07, 6.45) is -8.09. The lowest BCUT2D eigenvalue weighted by Crippen LogP contribution is -2.57. The molecule has 0 radical (unpaired) electrons. The molecule has 0 amide bonds. The standard InChI is InChI=1S/C6H11FO5/c7-6-5(11)4(10)3(9)2(1-8)12-6/h2-6,8-11H,1H2/t2-,3+,4+,5-,6?/m1/s1/i7-1. The molecule has 0 aliphatic carbocycles. The van der Waals surface area contributed by atoms with Crippen molar-refractivity contribution in [3.63, 3.8) is 0 Å². The summed E-state index contributed by atoms with van der Waals surface area (Å²) >= 11 is 0. The van der Waals surface area contributed by atoms with Crippen molar-refractivity contribution >= 4 is 0 Å². The average molecular weight is 181 g/mol. The summed E-state index contributed by atoms with van der Waals surface area (Å²) in [4.78, 5) is 0. The van der Waals surface area contributed by atoms with Gasteiger partial charge in [0.15, 0.2) is 0 Å². The fraction of sp³-hybridized carbons (Fsp3) is 1.00. The first-order chi connectivity index (χ1) is 5.57. The molecule has 4 N–H and O–H groups in total. The van der Waals surface area contributed by atoms with Gasteiger partial charge in [-0.05, 0) is 0 Å². The maximum absolute atomic E-state index is 12.6. The van der Waals surface area contributed by atoms with Crippen molar-refractivity contribution in [2.45, 2.75) is 30.8 Å². The zero-order valence-corrected chi connectivity index (χ0v) is 6.17. The second-order valence-electron chi connectivity index (χ2n) is 2.68. The van der Waals surface area contributed by atoms with E-state index in [1.165, 1.54) is 0 Å². The zero-order chi connectivity index (χ0) is 9.30. The zero-order valence-electron chi connectivity index (χ0n) is 6.17. The van der Waals surface area contributed by atoms with Crippen LogP contribution in [0.1, 0.15) is 0 Å². The average Bonchev–Trinajstić information content (AvgIpc) is 2.08. The van der Waals surface area contributed by atoms with Gasteiger partial charge in [-0.1, -0.05) is 0 Å². The van der Waals surface area contributed by atoms with Gasteiger partial charge in [-0.2, -0.15) is 0 Å². The van der Waals surface area contributed by atoms with E-state index in [4.69, 9.17) is 20.4 Å². The number of aliphatic hydroxyl groups is 4. The van der Waals surface area contributed by atoms with Crippen LogP contribution in [-0.4, -0.2) is 57.8 Å².